The van der Waals surface area contributed by atoms with Gasteiger partial charge >= 0.3 is 5.97 Å². The molecule has 0 bridgehead atoms. The van der Waals surface area contributed by atoms with Crippen LogP contribution >= 0.6 is 11.6 Å². The van der Waals surface area contributed by atoms with Crippen LogP contribution < -0.4 is 10.1 Å². The summed E-state index contributed by atoms with van der Waals surface area (Å²) in [4.78, 5) is 32.9. The SMILES string of the molecule is CC(=O)Oc1ccc(C(=O)NCCCC(=O)Cl)cc1. The summed E-state index contributed by atoms with van der Waals surface area (Å²) < 4.78 is 4.85. The summed E-state index contributed by atoms with van der Waals surface area (Å²) in [6.45, 7) is 1.68. The molecule has 0 fully saturated rings. The van der Waals surface area contributed by atoms with Crippen LogP contribution in [0.15, 0.2) is 24.3 Å². The summed E-state index contributed by atoms with van der Waals surface area (Å²) >= 11 is 5.18. The van der Waals surface area contributed by atoms with Gasteiger partial charge in [0.2, 0.25) is 5.24 Å². The van der Waals surface area contributed by atoms with Crippen LogP contribution in [0.4, 0.5) is 0 Å². The second-order valence-electron chi connectivity index (χ2n) is 3.83. The predicted octanol–water partition coefficient (Wildman–Crippen LogP) is 1.89. The molecule has 0 aliphatic carbocycles. The van der Waals surface area contributed by atoms with E-state index in [0.717, 1.165) is 0 Å². The summed E-state index contributed by atoms with van der Waals surface area (Å²) in [5, 5.41) is 2.24. The molecular weight excluding hydrogens is 270 g/mol. The number of carbonyl (C=O) groups is 3. The minimum Gasteiger partial charge on any atom is -0.427 e. The third kappa shape index (κ3) is 6.01. The lowest BCUT2D eigenvalue weighted by Crippen LogP contribution is -2.24. The Kier molecular flexibility index (Phi) is 6.02. The molecule has 19 heavy (non-hydrogen) atoms. The van der Waals surface area contributed by atoms with E-state index in [0.29, 0.717) is 24.3 Å². The molecule has 0 spiro atoms. The molecule has 1 rings (SSSR count). The Balaban J connectivity index is 2.44. The minimum absolute atomic E-state index is 0.229. The fraction of sp³-hybridized carbons (Fsp3) is 0.308. The van der Waals surface area contributed by atoms with Crippen molar-refractivity contribution in [2.45, 2.75) is 19.8 Å². The van der Waals surface area contributed by atoms with Crippen molar-refractivity contribution in [3.05, 3.63) is 29.8 Å². The van der Waals surface area contributed by atoms with Crippen LogP contribution in [0.2, 0.25) is 0 Å². The maximum Gasteiger partial charge on any atom is 0.308 e. The van der Waals surface area contributed by atoms with Crippen LogP contribution in [0.3, 0.4) is 0 Å². The molecule has 0 unspecified atom stereocenters. The van der Waals surface area contributed by atoms with Crippen molar-refractivity contribution in [3.8, 4) is 5.75 Å². The molecule has 0 radical (unpaired) electrons. The number of benzene rings is 1. The van der Waals surface area contributed by atoms with Gasteiger partial charge in [0, 0.05) is 25.5 Å². The van der Waals surface area contributed by atoms with Gasteiger partial charge in [0.1, 0.15) is 5.75 Å². The van der Waals surface area contributed by atoms with Crippen molar-refractivity contribution < 1.29 is 19.1 Å². The Morgan fingerprint density at radius 3 is 2.37 bits per heavy atom. The lowest BCUT2D eigenvalue weighted by atomic mass is 10.2. The molecule has 6 heteroatoms. The maximum atomic E-state index is 11.7. The van der Waals surface area contributed by atoms with Crippen molar-refractivity contribution in [2.24, 2.45) is 0 Å². The van der Waals surface area contributed by atoms with E-state index in [2.05, 4.69) is 5.32 Å². The molecule has 1 aromatic carbocycles. The van der Waals surface area contributed by atoms with Crippen LogP contribution in [-0.4, -0.2) is 23.7 Å². The summed E-state index contributed by atoms with van der Waals surface area (Å²) in [6, 6.07) is 6.19. The number of rotatable bonds is 6. The standard InChI is InChI=1S/C13H14ClNO4/c1-9(16)19-11-6-4-10(5-7-11)13(18)15-8-2-3-12(14)17/h4-7H,2-3,8H2,1H3,(H,15,18). The Morgan fingerprint density at radius 1 is 1.21 bits per heavy atom. The molecule has 1 N–H and O–H groups in total. The lowest BCUT2D eigenvalue weighted by Gasteiger charge is -2.05. The van der Waals surface area contributed by atoms with E-state index in [1.165, 1.54) is 6.92 Å². The predicted molar refractivity (Wildman–Crippen MR) is 70.2 cm³/mol. The Bertz CT molecular complexity index is 470. The van der Waals surface area contributed by atoms with E-state index in [1.54, 1.807) is 24.3 Å². The molecule has 0 heterocycles. The van der Waals surface area contributed by atoms with Gasteiger partial charge in [-0.1, -0.05) is 0 Å². The van der Waals surface area contributed by atoms with Crippen LogP contribution in [0.5, 0.6) is 5.75 Å². The van der Waals surface area contributed by atoms with Crippen LogP contribution in [0, 0.1) is 0 Å². The summed E-state index contributed by atoms with van der Waals surface area (Å²) in [6.07, 6.45) is 0.729. The third-order valence-corrected chi connectivity index (χ3v) is 2.40. The number of amides is 1. The van der Waals surface area contributed by atoms with Gasteiger partial charge in [0.15, 0.2) is 0 Å². The Labute approximate surface area is 115 Å². The molecular formula is C13H14ClNO4. The molecule has 1 amide bonds. The number of nitrogens with one attached hydrogen (secondary N) is 1. The number of hydrogen-bond acceptors (Lipinski definition) is 4. The first-order valence-corrected chi connectivity index (χ1v) is 6.12. The van der Waals surface area contributed by atoms with Gasteiger partial charge < -0.3 is 10.1 Å². The minimum atomic E-state index is -0.417. The van der Waals surface area contributed by atoms with Crippen molar-refractivity contribution in [1.29, 1.82) is 0 Å². The van der Waals surface area contributed by atoms with Crippen LogP contribution in [-0.2, 0) is 9.59 Å². The molecule has 0 atom stereocenters. The zero-order valence-electron chi connectivity index (χ0n) is 10.4. The first-order chi connectivity index (χ1) is 8.99. The highest BCUT2D eigenvalue weighted by molar-refractivity contribution is 6.63. The lowest BCUT2D eigenvalue weighted by molar-refractivity contribution is -0.131. The van der Waals surface area contributed by atoms with Crippen molar-refractivity contribution in [3.63, 3.8) is 0 Å². The number of hydrogen-bond donors (Lipinski definition) is 1. The van der Waals surface area contributed by atoms with Crippen LogP contribution in [0.1, 0.15) is 30.1 Å². The van der Waals surface area contributed by atoms with E-state index in [1.807, 2.05) is 0 Å². The summed E-state index contributed by atoms with van der Waals surface area (Å²) in [5.74, 6) is -0.281. The first-order valence-electron chi connectivity index (χ1n) is 5.74. The van der Waals surface area contributed by atoms with Gasteiger partial charge in [-0.15, -0.1) is 0 Å². The van der Waals surface area contributed by atoms with E-state index < -0.39 is 11.2 Å². The van der Waals surface area contributed by atoms with Crippen molar-refractivity contribution in [1.82, 2.24) is 5.32 Å². The van der Waals surface area contributed by atoms with Gasteiger partial charge in [0.05, 0.1) is 0 Å². The highest BCUT2D eigenvalue weighted by Crippen LogP contribution is 2.12. The molecule has 102 valence electrons. The van der Waals surface area contributed by atoms with E-state index >= 15 is 0 Å². The quantitative estimate of drug-likeness (QED) is 0.374. The molecule has 0 saturated carbocycles. The molecule has 0 aliphatic heterocycles. The fourth-order valence-electron chi connectivity index (χ4n) is 1.37. The second-order valence-corrected chi connectivity index (χ2v) is 4.25. The Morgan fingerprint density at radius 2 is 1.84 bits per heavy atom. The fourth-order valence-corrected chi connectivity index (χ4v) is 1.51. The maximum absolute atomic E-state index is 11.7. The monoisotopic (exact) mass is 283 g/mol. The van der Waals surface area contributed by atoms with Crippen molar-refractivity contribution >= 4 is 28.7 Å². The van der Waals surface area contributed by atoms with Crippen molar-refractivity contribution in [2.75, 3.05) is 6.54 Å². The smallest absolute Gasteiger partial charge is 0.308 e. The average Bonchev–Trinajstić information content (AvgIpc) is 2.34. The van der Waals surface area contributed by atoms with Gasteiger partial charge in [-0.3, -0.25) is 14.4 Å². The second kappa shape index (κ2) is 7.53. The van der Waals surface area contributed by atoms with Gasteiger partial charge in [0.25, 0.3) is 5.91 Å². The first kappa shape index (κ1) is 15.2. The molecule has 1 aromatic rings. The molecule has 0 saturated heterocycles. The highest BCUT2D eigenvalue weighted by Gasteiger charge is 2.06. The van der Waals surface area contributed by atoms with Gasteiger partial charge in [-0.2, -0.15) is 0 Å². The van der Waals surface area contributed by atoms with E-state index in [4.69, 9.17) is 16.3 Å². The number of ether oxygens (including phenoxy) is 1. The largest absolute Gasteiger partial charge is 0.427 e. The van der Waals surface area contributed by atoms with Gasteiger partial charge in [-0.05, 0) is 42.3 Å². The molecule has 0 aliphatic rings. The normalized spacial score (nSPS) is 9.79. The number of esters is 1. The zero-order valence-corrected chi connectivity index (χ0v) is 11.2. The molecule has 5 nitrogen and oxygen atoms in total. The molecule has 0 aromatic heterocycles. The van der Waals surface area contributed by atoms with Crippen LogP contribution in [0.25, 0.3) is 0 Å². The average molecular weight is 284 g/mol. The summed E-state index contributed by atoms with van der Waals surface area (Å²) in [5.41, 5.74) is 0.452. The Hall–Kier alpha value is -1.88. The highest BCUT2D eigenvalue weighted by atomic mass is 35.5. The topological polar surface area (TPSA) is 72.5 Å². The van der Waals surface area contributed by atoms with E-state index in [9.17, 15) is 14.4 Å². The van der Waals surface area contributed by atoms with E-state index in [-0.39, 0.29) is 12.3 Å². The number of halogens is 1. The number of carbonyl (C=O) groups excluding carboxylic acids is 3. The zero-order chi connectivity index (χ0) is 14.3. The third-order valence-electron chi connectivity index (χ3n) is 2.21. The van der Waals surface area contributed by atoms with Gasteiger partial charge in [-0.25, -0.2) is 0 Å². The summed E-state index contributed by atoms with van der Waals surface area (Å²) in [7, 11) is 0.